The summed E-state index contributed by atoms with van der Waals surface area (Å²) in [5.74, 6) is 0.181. The highest BCUT2D eigenvalue weighted by molar-refractivity contribution is 6.22. The number of ether oxygens (including phenoxy) is 1. The van der Waals surface area contributed by atoms with Gasteiger partial charge in [-0.3, -0.25) is 0 Å². The molecule has 0 amide bonds. The minimum Gasteiger partial charge on any atom is -0.423 e. The van der Waals surface area contributed by atoms with Crippen LogP contribution in [0.1, 0.15) is 27.8 Å². The third kappa shape index (κ3) is 4.48. The van der Waals surface area contributed by atoms with Crippen LogP contribution in [0.25, 0.3) is 11.6 Å². The number of rotatable bonds is 4. The van der Waals surface area contributed by atoms with E-state index in [4.69, 9.17) is 4.74 Å². The van der Waals surface area contributed by atoms with Crippen molar-refractivity contribution >= 4 is 17.6 Å². The first kappa shape index (κ1) is 17.7. The highest BCUT2D eigenvalue weighted by Crippen LogP contribution is 2.23. The highest BCUT2D eigenvalue weighted by atomic mass is 16.5. The van der Waals surface area contributed by atoms with Crippen LogP contribution in [0.4, 0.5) is 0 Å². The molecule has 0 saturated carbocycles. The average Bonchev–Trinajstić information content (AvgIpc) is 2.64. The molecule has 0 aliphatic rings. The molecule has 26 heavy (non-hydrogen) atoms. The van der Waals surface area contributed by atoms with Gasteiger partial charge in [0, 0.05) is 0 Å². The van der Waals surface area contributed by atoms with E-state index in [9.17, 15) is 4.79 Å². The number of aryl methyl sites for hydroxylation is 3. The Morgan fingerprint density at radius 1 is 0.692 bits per heavy atom. The molecular weight excluding hydrogens is 320 g/mol. The lowest BCUT2D eigenvalue weighted by molar-refractivity contribution is -0.127. The quantitative estimate of drug-likeness (QED) is 0.261. The standard InChI is InChI=1S/C24H22O2/c1-17-4-10-20(11-5-17)16-23(21-12-6-18(2)7-13-21)24(25)26-22-14-8-19(3)9-15-22/h4-16H,1-3H3. The Balaban J connectivity index is 1.96. The molecule has 2 heteroatoms. The summed E-state index contributed by atoms with van der Waals surface area (Å²) in [7, 11) is 0. The summed E-state index contributed by atoms with van der Waals surface area (Å²) in [6.07, 6.45) is 1.88. The Morgan fingerprint density at radius 2 is 1.15 bits per heavy atom. The van der Waals surface area contributed by atoms with E-state index in [0.717, 1.165) is 22.3 Å². The molecule has 0 radical (unpaired) electrons. The number of hydrogen-bond donors (Lipinski definition) is 0. The van der Waals surface area contributed by atoms with Gasteiger partial charge in [0.1, 0.15) is 5.75 Å². The second kappa shape index (κ2) is 7.83. The van der Waals surface area contributed by atoms with Gasteiger partial charge in [-0.25, -0.2) is 4.79 Å². The van der Waals surface area contributed by atoms with Crippen molar-refractivity contribution in [3.05, 3.63) is 101 Å². The maximum absolute atomic E-state index is 12.9. The van der Waals surface area contributed by atoms with Crippen LogP contribution in [0.3, 0.4) is 0 Å². The van der Waals surface area contributed by atoms with Crippen LogP contribution in [0, 0.1) is 20.8 Å². The first-order chi connectivity index (χ1) is 12.5. The molecule has 3 rings (SSSR count). The molecule has 0 bridgehead atoms. The second-order valence-corrected chi connectivity index (χ2v) is 6.54. The van der Waals surface area contributed by atoms with Crippen molar-refractivity contribution < 1.29 is 9.53 Å². The van der Waals surface area contributed by atoms with Crippen molar-refractivity contribution in [3.63, 3.8) is 0 Å². The van der Waals surface area contributed by atoms with Gasteiger partial charge in [-0.2, -0.15) is 0 Å². The van der Waals surface area contributed by atoms with Crippen LogP contribution in [0.15, 0.2) is 72.8 Å². The minimum absolute atomic E-state index is 0.363. The molecule has 3 aromatic carbocycles. The largest absolute Gasteiger partial charge is 0.423 e. The summed E-state index contributed by atoms with van der Waals surface area (Å²) < 4.78 is 5.60. The van der Waals surface area contributed by atoms with Crippen molar-refractivity contribution in [3.8, 4) is 5.75 Å². The van der Waals surface area contributed by atoms with Gasteiger partial charge in [0.2, 0.25) is 0 Å². The number of hydrogen-bond acceptors (Lipinski definition) is 2. The van der Waals surface area contributed by atoms with E-state index in [1.165, 1.54) is 5.56 Å². The van der Waals surface area contributed by atoms with Crippen LogP contribution in [-0.4, -0.2) is 5.97 Å². The molecule has 0 atom stereocenters. The average molecular weight is 342 g/mol. The molecular formula is C24H22O2. The lowest BCUT2D eigenvalue weighted by Gasteiger charge is -2.10. The normalized spacial score (nSPS) is 11.3. The van der Waals surface area contributed by atoms with Gasteiger partial charge in [-0.15, -0.1) is 0 Å². The fourth-order valence-corrected chi connectivity index (χ4v) is 2.59. The molecule has 0 unspecified atom stereocenters. The Bertz CT molecular complexity index is 915. The van der Waals surface area contributed by atoms with Gasteiger partial charge in [0.15, 0.2) is 0 Å². The van der Waals surface area contributed by atoms with E-state index in [1.807, 2.05) is 99.6 Å². The summed E-state index contributed by atoms with van der Waals surface area (Å²) in [6.45, 7) is 6.07. The topological polar surface area (TPSA) is 26.3 Å². The van der Waals surface area contributed by atoms with E-state index in [-0.39, 0.29) is 5.97 Å². The van der Waals surface area contributed by atoms with Crippen LogP contribution >= 0.6 is 0 Å². The number of esters is 1. The second-order valence-electron chi connectivity index (χ2n) is 6.54. The maximum Gasteiger partial charge on any atom is 0.344 e. The van der Waals surface area contributed by atoms with Crippen molar-refractivity contribution in [1.29, 1.82) is 0 Å². The van der Waals surface area contributed by atoms with E-state index >= 15 is 0 Å². The fourth-order valence-electron chi connectivity index (χ4n) is 2.59. The third-order valence-corrected chi connectivity index (χ3v) is 4.20. The molecule has 0 aliphatic heterocycles. The van der Waals surface area contributed by atoms with Gasteiger partial charge < -0.3 is 4.74 Å². The van der Waals surface area contributed by atoms with Crippen LogP contribution in [0.5, 0.6) is 5.75 Å². The molecule has 0 heterocycles. The molecule has 2 nitrogen and oxygen atoms in total. The molecule has 0 spiro atoms. The summed E-state index contributed by atoms with van der Waals surface area (Å²) in [5.41, 5.74) is 5.80. The molecule has 0 aliphatic carbocycles. The zero-order valence-electron chi connectivity index (χ0n) is 15.3. The molecule has 0 N–H and O–H groups in total. The Morgan fingerprint density at radius 3 is 1.69 bits per heavy atom. The monoisotopic (exact) mass is 342 g/mol. The van der Waals surface area contributed by atoms with Crippen molar-refractivity contribution in [1.82, 2.24) is 0 Å². The van der Waals surface area contributed by atoms with Gasteiger partial charge >= 0.3 is 5.97 Å². The first-order valence-corrected chi connectivity index (χ1v) is 8.65. The summed E-state index contributed by atoms with van der Waals surface area (Å²) in [6, 6.07) is 23.4. The van der Waals surface area contributed by atoms with Gasteiger partial charge in [-0.05, 0) is 50.1 Å². The van der Waals surface area contributed by atoms with Gasteiger partial charge in [0.25, 0.3) is 0 Å². The van der Waals surface area contributed by atoms with E-state index in [1.54, 1.807) is 0 Å². The lowest BCUT2D eigenvalue weighted by atomic mass is 10.0. The fraction of sp³-hybridized carbons (Fsp3) is 0.125. The van der Waals surface area contributed by atoms with Gasteiger partial charge in [0.05, 0.1) is 5.57 Å². The van der Waals surface area contributed by atoms with Crippen molar-refractivity contribution in [2.45, 2.75) is 20.8 Å². The van der Waals surface area contributed by atoms with E-state index in [2.05, 4.69) is 0 Å². The number of carbonyl (C=O) groups is 1. The lowest BCUT2D eigenvalue weighted by Crippen LogP contribution is -2.10. The number of carbonyl (C=O) groups excluding carboxylic acids is 1. The van der Waals surface area contributed by atoms with Crippen LogP contribution in [0.2, 0.25) is 0 Å². The van der Waals surface area contributed by atoms with Crippen LogP contribution < -0.4 is 4.74 Å². The third-order valence-electron chi connectivity index (χ3n) is 4.20. The Labute approximate surface area is 154 Å². The maximum atomic E-state index is 12.9. The summed E-state index contributed by atoms with van der Waals surface area (Å²) in [5, 5.41) is 0. The van der Waals surface area contributed by atoms with Gasteiger partial charge in [-0.1, -0.05) is 77.4 Å². The summed E-state index contributed by atoms with van der Waals surface area (Å²) in [4.78, 5) is 12.9. The van der Waals surface area contributed by atoms with Crippen molar-refractivity contribution in [2.75, 3.05) is 0 Å². The number of benzene rings is 3. The summed E-state index contributed by atoms with van der Waals surface area (Å²) >= 11 is 0. The molecule has 0 aromatic heterocycles. The SMILES string of the molecule is Cc1ccc(C=C(C(=O)Oc2ccc(C)cc2)c2ccc(C)cc2)cc1. The van der Waals surface area contributed by atoms with Crippen LogP contribution in [-0.2, 0) is 4.79 Å². The Hall–Kier alpha value is -3.13. The predicted molar refractivity (Wildman–Crippen MR) is 107 cm³/mol. The molecule has 130 valence electrons. The molecule has 0 saturated heterocycles. The smallest absolute Gasteiger partial charge is 0.344 e. The van der Waals surface area contributed by atoms with E-state index < -0.39 is 0 Å². The zero-order valence-corrected chi connectivity index (χ0v) is 15.3. The Kier molecular flexibility index (Phi) is 5.33. The van der Waals surface area contributed by atoms with E-state index in [0.29, 0.717) is 11.3 Å². The zero-order chi connectivity index (χ0) is 18.5. The molecule has 3 aromatic rings. The first-order valence-electron chi connectivity index (χ1n) is 8.65. The predicted octanol–water partition coefficient (Wildman–Crippen LogP) is 5.76. The van der Waals surface area contributed by atoms with Crippen molar-refractivity contribution in [2.24, 2.45) is 0 Å². The minimum atomic E-state index is -0.363. The molecule has 0 fully saturated rings. The highest BCUT2D eigenvalue weighted by Gasteiger charge is 2.15.